The van der Waals surface area contributed by atoms with Crippen LogP contribution in [0.1, 0.15) is 29.4 Å². The molecular weight excluding hydrogens is 292 g/mol. The third-order valence-corrected chi connectivity index (χ3v) is 4.95. The van der Waals surface area contributed by atoms with Crippen LogP contribution in [0.25, 0.3) is 21.9 Å². The fourth-order valence-corrected chi connectivity index (χ4v) is 4.02. The van der Waals surface area contributed by atoms with E-state index in [-0.39, 0.29) is 0 Å². The lowest BCUT2D eigenvalue weighted by Gasteiger charge is -2.06. The van der Waals surface area contributed by atoms with E-state index >= 15 is 0 Å². The Balaban J connectivity index is 2.39. The van der Waals surface area contributed by atoms with Crippen LogP contribution in [-0.4, -0.2) is 16.1 Å². The number of amides is 1. The maximum atomic E-state index is 11.5. The topological polar surface area (TPSA) is 69.1 Å². The molecule has 0 aliphatic carbocycles. The summed E-state index contributed by atoms with van der Waals surface area (Å²) in [5.41, 5.74) is 7.05. The lowest BCUT2D eigenvalue weighted by Crippen LogP contribution is -2.08. The number of fused-ring (bicyclic) bond motifs is 3. The summed E-state index contributed by atoms with van der Waals surface area (Å²) in [5.74, 6) is 0.228. The first-order valence-corrected chi connectivity index (χ1v) is 8.01. The Hall–Kier alpha value is -1.53. The SMILES string of the molecule is Cc1nc2c(SC(C)C)cc3c(C(N)=O)scc3c2o1. The van der Waals surface area contributed by atoms with E-state index in [2.05, 4.69) is 18.8 Å². The number of primary amides is 1. The molecule has 0 radical (unpaired) electrons. The van der Waals surface area contributed by atoms with Crippen molar-refractivity contribution in [3.8, 4) is 0 Å². The summed E-state index contributed by atoms with van der Waals surface area (Å²) in [6.45, 7) is 6.07. The summed E-state index contributed by atoms with van der Waals surface area (Å²) in [5, 5.41) is 4.09. The number of aryl methyl sites for hydroxylation is 1. The van der Waals surface area contributed by atoms with Crippen LogP contribution in [-0.2, 0) is 0 Å². The van der Waals surface area contributed by atoms with Crippen molar-refractivity contribution in [3.63, 3.8) is 0 Å². The zero-order valence-corrected chi connectivity index (χ0v) is 13.0. The molecule has 0 bridgehead atoms. The van der Waals surface area contributed by atoms with Gasteiger partial charge in [0.05, 0.1) is 4.88 Å². The molecule has 0 saturated carbocycles. The molecule has 0 fully saturated rings. The van der Waals surface area contributed by atoms with Crippen molar-refractivity contribution in [3.05, 3.63) is 22.2 Å². The lowest BCUT2D eigenvalue weighted by atomic mass is 10.1. The number of thioether (sulfide) groups is 1. The number of hydrogen-bond acceptors (Lipinski definition) is 5. The van der Waals surface area contributed by atoms with E-state index < -0.39 is 5.91 Å². The highest BCUT2D eigenvalue weighted by atomic mass is 32.2. The van der Waals surface area contributed by atoms with E-state index in [0.29, 0.717) is 16.0 Å². The molecule has 3 aromatic rings. The molecule has 0 saturated heterocycles. The van der Waals surface area contributed by atoms with Crippen LogP contribution in [0, 0.1) is 6.92 Å². The Kier molecular flexibility index (Phi) is 3.22. The average Bonchev–Trinajstić information content (AvgIpc) is 2.90. The molecule has 1 amide bonds. The van der Waals surface area contributed by atoms with Gasteiger partial charge in [0.1, 0.15) is 5.52 Å². The monoisotopic (exact) mass is 306 g/mol. The minimum absolute atomic E-state index is 0.402. The predicted octanol–water partition coefficient (Wildman–Crippen LogP) is 3.95. The third-order valence-electron chi connectivity index (χ3n) is 2.90. The van der Waals surface area contributed by atoms with E-state index in [1.807, 2.05) is 18.4 Å². The smallest absolute Gasteiger partial charge is 0.259 e. The highest BCUT2D eigenvalue weighted by Crippen LogP contribution is 2.39. The molecular formula is C14H14N2O2S2. The van der Waals surface area contributed by atoms with Gasteiger partial charge in [0, 0.05) is 33.2 Å². The molecule has 4 nitrogen and oxygen atoms in total. The van der Waals surface area contributed by atoms with Crippen molar-refractivity contribution < 1.29 is 9.21 Å². The first-order chi connectivity index (χ1) is 9.47. The summed E-state index contributed by atoms with van der Waals surface area (Å²) < 4.78 is 5.73. The van der Waals surface area contributed by atoms with E-state index in [1.54, 1.807) is 11.8 Å². The van der Waals surface area contributed by atoms with E-state index in [1.165, 1.54) is 11.3 Å². The van der Waals surface area contributed by atoms with Gasteiger partial charge in [-0.3, -0.25) is 4.79 Å². The molecule has 2 N–H and O–H groups in total. The Morgan fingerprint density at radius 1 is 1.45 bits per heavy atom. The van der Waals surface area contributed by atoms with E-state index in [4.69, 9.17) is 10.2 Å². The summed E-state index contributed by atoms with van der Waals surface area (Å²) in [7, 11) is 0. The molecule has 6 heteroatoms. The number of aromatic nitrogens is 1. The van der Waals surface area contributed by atoms with Crippen LogP contribution < -0.4 is 5.73 Å². The number of carbonyl (C=O) groups excluding carboxylic acids is 1. The van der Waals surface area contributed by atoms with Gasteiger partial charge < -0.3 is 10.2 Å². The zero-order valence-electron chi connectivity index (χ0n) is 11.4. The highest BCUT2D eigenvalue weighted by Gasteiger charge is 2.19. The molecule has 104 valence electrons. The largest absolute Gasteiger partial charge is 0.440 e. The normalized spacial score (nSPS) is 11.8. The Bertz CT molecular complexity index is 817. The van der Waals surface area contributed by atoms with Gasteiger partial charge in [-0.25, -0.2) is 4.98 Å². The molecule has 0 aliphatic rings. The third kappa shape index (κ3) is 2.09. The minimum Gasteiger partial charge on any atom is -0.440 e. The Labute approximate surface area is 124 Å². The second kappa shape index (κ2) is 4.79. The van der Waals surface area contributed by atoms with E-state index in [0.717, 1.165) is 26.8 Å². The predicted molar refractivity (Wildman–Crippen MR) is 83.6 cm³/mol. The van der Waals surface area contributed by atoms with E-state index in [9.17, 15) is 4.79 Å². The van der Waals surface area contributed by atoms with Gasteiger partial charge in [0.25, 0.3) is 5.91 Å². The van der Waals surface area contributed by atoms with Crippen LogP contribution in [0.15, 0.2) is 20.8 Å². The molecule has 0 atom stereocenters. The van der Waals surface area contributed by atoms with Gasteiger partial charge in [-0.2, -0.15) is 0 Å². The maximum absolute atomic E-state index is 11.5. The Morgan fingerprint density at radius 3 is 2.85 bits per heavy atom. The molecule has 0 spiro atoms. The van der Waals surface area contributed by atoms with Crippen molar-refractivity contribution in [1.82, 2.24) is 4.98 Å². The van der Waals surface area contributed by atoms with Gasteiger partial charge in [-0.05, 0) is 6.07 Å². The van der Waals surface area contributed by atoms with Crippen LogP contribution in [0.2, 0.25) is 0 Å². The number of nitrogens with zero attached hydrogens (tertiary/aromatic N) is 1. The van der Waals surface area contributed by atoms with Gasteiger partial charge >= 0.3 is 0 Å². The summed E-state index contributed by atoms with van der Waals surface area (Å²) in [6, 6.07) is 2.00. The standard InChI is InChI=1S/C14H14N2O2S2/c1-6(2)20-10-4-8-9(5-19-13(8)14(15)17)12-11(10)16-7(3)18-12/h4-6H,1-3H3,(H2,15,17). The summed E-state index contributed by atoms with van der Waals surface area (Å²) in [4.78, 5) is 17.6. The Morgan fingerprint density at radius 2 is 2.20 bits per heavy atom. The number of hydrogen-bond donors (Lipinski definition) is 1. The summed E-state index contributed by atoms with van der Waals surface area (Å²) >= 11 is 3.06. The molecule has 1 aromatic carbocycles. The molecule has 0 unspecified atom stereocenters. The summed E-state index contributed by atoms with van der Waals surface area (Å²) in [6.07, 6.45) is 0. The van der Waals surface area contributed by atoms with Gasteiger partial charge in [-0.15, -0.1) is 23.1 Å². The first kappa shape index (κ1) is 13.5. The number of nitrogens with two attached hydrogens (primary N) is 1. The van der Waals surface area contributed by atoms with Crippen LogP contribution in [0.5, 0.6) is 0 Å². The molecule has 2 heterocycles. The highest BCUT2D eigenvalue weighted by molar-refractivity contribution is 8.00. The molecule has 20 heavy (non-hydrogen) atoms. The van der Waals surface area contributed by atoms with Crippen molar-refractivity contribution in [2.45, 2.75) is 30.9 Å². The quantitative estimate of drug-likeness (QED) is 0.744. The van der Waals surface area contributed by atoms with Gasteiger partial charge in [-0.1, -0.05) is 13.8 Å². The average molecular weight is 306 g/mol. The maximum Gasteiger partial charge on any atom is 0.259 e. The lowest BCUT2D eigenvalue weighted by molar-refractivity contribution is 0.101. The number of thiophene rings is 1. The molecule has 0 aliphatic heterocycles. The van der Waals surface area contributed by atoms with Gasteiger partial charge in [0.15, 0.2) is 11.5 Å². The van der Waals surface area contributed by atoms with Crippen molar-refractivity contribution in [1.29, 1.82) is 0 Å². The molecule has 2 aromatic heterocycles. The van der Waals surface area contributed by atoms with Crippen molar-refractivity contribution in [2.75, 3.05) is 0 Å². The first-order valence-electron chi connectivity index (χ1n) is 6.25. The van der Waals surface area contributed by atoms with Crippen LogP contribution in [0.3, 0.4) is 0 Å². The second-order valence-electron chi connectivity index (χ2n) is 4.84. The molecule has 3 rings (SSSR count). The van der Waals surface area contributed by atoms with Crippen molar-refractivity contribution in [2.24, 2.45) is 5.73 Å². The fraction of sp³-hybridized carbons (Fsp3) is 0.286. The van der Waals surface area contributed by atoms with Crippen LogP contribution in [0.4, 0.5) is 0 Å². The number of carbonyl (C=O) groups is 1. The van der Waals surface area contributed by atoms with Crippen LogP contribution >= 0.6 is 23.1 Å². The second-order valence-corrected chi connectivity index (χ2v) is 7.34. The zero-order chi connectivity index (χ0) is 14.4. The number of oxazole rings is 1. The number of benzene rings is 1. The van der Waals surface area contributed by atoms with Gasteiger partial charge in [0.2, 0.25) is 0 Å². The number of rotatable bonds is 3. The minimum atomic E-state index is -0.402. The fourth-order valence-electron chi connectivity index (χ4n) is 2.20. The van der Waals surface area contributed by atoms with Crippen molar-refractivity contribution >= 4 is 50.9 Å².